The Morgan fingerprint density at radius 2 is 1.93 bits per heavy atom. The summed E-state index contributed by atoms with van der Waals surface area (Å²) in [4.78, 5) is 29.0. The van der Waals surface area contributed by atoms with Crippen molar-refractivity contribution in [1.29, 1.82) is 0 Å². The number of hydrogen-bond acceptors (Lipinski definition) is 7. The Balaban J connectivity index is 1.52. The van der Waals surface area contributed by atoms with E-state index in [1.807, 2.05) is 6.92 Å². The summed E-state index contributed by atoms with van der Waals surface area (Å²) in [6.07, 6.45) is -3.37. The van der Waals surface area contributed by atoms with Crippen molar-refractivity contribution in [3.8, 4) is 16.9 Å². The summed E-state index contributed by atoms with van der Waals surface area (Å²) >= 11 is 6.62. The second-order valence-electron chi connectivity index (χ2n) is 9.09. The van der Waals surface area contributed by atoms with E-state index in [2.05, 4.69) is 15.4 Å². The zero-order valence-electron chi connectivity index (χ0n) is 21.7. The molecule has 4 heterocycles. The maximum atomic E-state index is 13.8. The minimum absolute atomic E-state index is 0.0121. The number of carbonyl (C=O) groups excluding carboxylic acids is 2. The maximum Gasteiger partial charge on any atom is 0.433 e. The minimum Gasteiger partial charge on any atom is -0.485 e. The van der Waals surface area contributed by atoms with Gasteiger partial charge in [0.1, 0.15) is 33.5 Å². The van der Waals surface area contributed by atoms with Gasteiger partial charge >= 0.3 is 6.18 Å². The summed E-state index contributed by atoms with van der Waals surface area (Å²) in [6, 6.07) is 8.95. The molecular weight excluding hydrogens is 583 g/mol. The highest BCUT2D eigenvalue weighted by Gasteiger charge is 2.35. The Labute approximate surface area is 239 Å². The van der Waals surface area contributed by atoms with Crippen LogP contribution in [-0.4, -0.2) is 26.6 Å². The molecule has 0 saturated heterocycles. The van der Waals surface area contributed by atoms with Crippen LogP contribution in [0.5, 0.6) is 5.75 Å². The number of anilines is 1. The van der Waals surface area contributed by atoms with Crippen molar-refractivity contribution in [2.45, 2.75) is 26.6 Å². The zero-order chi connectivity index (χ0) is 29.6. The first-order valence-corrected chi connectivity index (χ1v) is 13.2. The van der Waals surface area contributed by atoms with Crippen LogP contribution in [0.3, 0.4) is 0 Å². The van der Waals surface area contributed by atoms with Crippen molar-refractivity contribution >= 4 is 50.7 Å². The molecule has 9 nitrogen and oxygen atoms in total. The van der Waals surface area contributed by atoms with Crippen LogP contribution in [0.2, 0.25) is 5.02 Å². The van der Waals surface area contributed by atoms with Gasteiger partial charge in [0.25, 0.3) is 11.8 Å². The smallest absolute Gasteiger partial charge is 0.433 e. The molecule has 0 aliphatic rings. The van der Waals surface area contributed by atoms with Gasteiger partial charge in [-0.15, -0.1) is 11.3 Å². The van der Waals surface area contributed by atoms with Crippen LogP contribution in [0.4, 0.5) is 18.9 Å². The van der Waals surface area contributed by atoms with Crippen LogP contribution in [0.1, 0.15) is 42.9 Å². The van der Waals surface area contributed by atoms with E-state index in [0.29, 0.717) is 39.1 Å². The number of pyridine rings is 1. The first-order valence-electron chi connectivity index (χ1n) is 12.0. The molecule has 0 spiro atoms. The second-order valence-corrected chi connectivity index (χ2v) is 10.5. The van der Waals surface area contributed by atoms with Crippen LogP contribution in [0, 0.1) is 13.8 Å². The highest BCUT2D eigenvalue weighted by molar-refractivity contribution is 7.21. The summed E-state index contributed by atoms with van der Waals surface area (Å²) in [6.45, 7) is 3.52. The molecule has 0 fully saturated rings. The van der Waals surface area contributed by atoms with Gasteiger partial charge in [-0.2, -0.15) is 18.3 Å². The summed E-state index contributed by atoms with van der Waals surface area (Å²) in [5, 5.41) is 7.41. The number of benzene rings is 1. The lowest BCUT2D eigenvalue weighted by molar-refractivity contribution is -0.140. The molecule has 41 heavy (non-hydrogen) atoms. The van der Waals surface area contributed by atoms with E-state index in [1.54, 1.807) is 38.2 Å². The molecule has 0 unspecified atom stereocenters. The molecule has 0 atom stereocenters. The molecule has 2 amide bonds. The summed E-state index contributed by atoms with van der Waals surface area (Å²) in [7, 11) is 1.64. The number of furan rings is 1. The Morgan fingerprint density at radius 3 is 2.56 bits per heavy atom. The van der Waals surface area contributed by atoms with Crippen LogP contribution in [0.15, 0.2) is 47.0 Å². The molecule has 14 heteroatoms. The maximum absolute atomic E-state index is 13.8. The van der Waals surface area contributed by atoms with Crippen molar-refractivity contribution in [1.82, 2.24) is 14.8 Å². The number of aromatic nitrogens is 3. The number of fused-ring (bicyclic) bond motifs is 1. The molecule has 212 valence electrons. The number of alkyl halides is 3. The average Bonchev–Trinajstić information content (AvgIpc) is 3.61. The number of hydrogen-bond donors (Lipinski definition) is 2. The van der Waals surface area contributed by atoms with Gasteiger partial charge in [0, 0.05) is 28.7 Å². The minimum atomic E-state index is -4.77. The van der Waals surface area contributed by atoms with Crippen molar-refractivity contribution in [2.24, 2.45) is 12.8 Å². The number of aryl methyl sites for hydroxylation is 2. The Kier molecular flexibility index (Phi) is 7.26. The van der Waals surface area contributed by atoms with Gasteiger partial charge in [-0.3, -0.25) is 14.3 Å². The number of nitrogens with zero attached hydrogens (tertiary/aromatic N) is 3. The SMILES string of the molecule is Cc1cc(Cl)ccc1OCc1ccc(C(=O)Nc2c(C(N)=O)sc3nc(C(F)(F)F)cc(-c4cnn(C)c4C)c23)o1. The topological polar surface area (TPSA) is 125 Å². The molecule has 1 aromatic carbocycles. The van der Waals surface area contributed by atoms with E-state index in [1.165, 1.54) is 16.9 Å². The number of primary amides is 1. The van der Waals surface area contributed by atoms with Crippen LogP contribution in [-0.2, 0) is 19.8 Å². The first kappa shape index (κ1) is 28.2. The molecule has 3 N–H and O–H groups in total. The van der Waals surface area contributed by atoms with Gasteiger partial charge in [-0.25, -0.2) is 4.98 Å². The van der Waals surface area contributed by atoms with Gasteiger partial charge in [0.15, 0.2) is 5.76 Å². The van der Waals surface area contributed by atoms with Gasteiger partial charge in [-0.05, 0) is 61.4 Å². The standard InChI is InChI=1S/C27H21ClF3N5O4S/c1-12-8-14(28)4-6-18(12)39-11-15-5-7-19(40-15)25(38)35-22-21-16(17-10-33-36(3)13(17)2)9-20(27(29,30)31)34-26(21)41-23(22)24(32)37/h4-10H,11H2,1-3H3,(H2,32,37)(H,35,38). The van der Waals surface area contributed by atoms with Gasteiger partial charge in [0.05, 0.1) is 11.9 Å². The lowest BCUT2D eigenvalue weighted by atomic mass is 10.0. The van der Waals surface area contributed by atoms with Crippen LogP contribution < -0.4 is 15.8 Å². The summed E-state index contributed by atoms with van der Waals surface area (Å²) < 4.78 is 54.2. The van der Waals surface area contributed by atoms with Crippen LogP contribution >= 0.6 is 22.9 Å². The van der Waals surface area contributed by atoms with E-state index in [4.69, 9.17) is 26.5 Å². The third-order valence-electron chi connectivity index (χ3n) is 6.33. The lowest BCUT2D eigenvalue weighted by Crippen LogP contribution is -2.16. The number of carbonyl (C=O) groups is 2. The second kappa shape index (κ2) is 10.6. The number of halogens is 4. The first-order chi connectivity index (χ1) is 19.3. The fourth-order valence-electron chi connectivity index (χ4n) is 4.19. The lowest BCUT2D eigenvalue weighted by Gasteiger charge is -2.12. The predicted octanol–water partition coefficient (Wildman–Crippen LogP) is 6.51. The number of thiophene rings is 1. The molecule has 0 aliphatic carbocycles. The van der Waals surface area contributed by atoms with E-state index in [0.717, 1.165) is 11.6 Å². The highest BCUT2D eigenvalue weighted by Crippen LogP contribution is 2.44. The predicted molar refractivity (Wildman–Crippen MR) is 147 cm³/mol. The van der Waals surface area contributed by atoms with E-state index in [9.17, 15) is 22.8 Å². The van der Waals surface area contributed by atoms with Crippen LogP contribution in [0.25, 0.3) is 21.3 Å². The normalized spacial score (nSPS) is 11.7. The average molecular weight is 604 g/mol. The quantitative estimate of drug-likeness (QED) is 0.218. The van der Waals surface area contributed by atoms with E-state index >= 15 is 0 Å². The van der Waals surface area contributed by atoms with E-state index in [-0.39, 0.29) is 38.7 Å². The third-order valence-corrected chi connectivity index (χ3v) is 7.67. The van der Waals surface area contributed by atoms with Gasteiger partial charge in [0.2, 0.25) is 0 Å². The number of ether oxygens (including phenoxy) is 1. The molecule has 0 bridgehead atoms. The van der Waals surface area contributed by atoms with Crippen molar-refractivity contribution in [3.05, 3.63) is 81.0 Å². The monoisotopic (exact) mass is 603 g/mol. The molecule has 0 aliphatic heterocycles. The van der Waals surface area contributed by atoms with Gasteiger partial charge in [-0.1, -0.05) is 11.6 Å². The fourth-order valence-corrected chi connectivity index (χ4v) is 5.42. The number of rotatable bonds is 7. The fraction of sp³-hybridized carbons (Fsp3) is 0.185. The van der Waals surface area contributed by atoms with Crippen molar-refractivity contribution in [3.63, 3.8) is 0 Å². The van der Waals surface area contributed by atoms with E-state index < -0.39 is 23.7 Å². The Bertz CT molecular complexity index is 1830. The molecule has 0 radical (unpaired) electrons. The number of amides is 2. The molecule has 0 saturated carbocycles. The molecule has 4 aromatic heterocycles. The van der Waals surface area contributed by atoms with Crippen molar-refractivity contribution < 1.29 is 31.9 Å². The molecule has 5 rings (SSSR count). The highest BCUT2D eigenvalue weighted by atomic mass is 35.5. The third kappa shape index (κ3) is 5.50. The largest absolute Gasteiger partial charge is 0.485 e. The zero-order valence-corrected chi connectivity index (χ0v) is 23.3. The number of nitrogens with one attached hydrogen (secondary N) is 1. The molecular formula is C27H21ClF3N5O4S. The Hall–Kier alpha value is -4.36. The van der Waals surface area contributed by atoms with Gasteiger partial charge < -0.3 is 20.2 Å². The number of nitrogens with two attached hydrogens (primary N) is 1. The Morgan fingerprint density at radius 1 is 1.17 bits per heavy atom. The summed E-state index contributed by atoms with van der Waals surface area (Å²) in [5.41, 5.74) is 6.14. The summed E-state index contributed by atoms with van der Waals surface area (Å²) in [5.74, 6) is -0.910. The molecule has 5 aromatic rings. The van der Waals surface area contributed by atoms with Crippen molar-refractivity contribution in [2.75, 3.05) is 5.32 Å².